The molecular weight excluding hydrogens is 288 g/mol. The van der Waals surface area contributed by atoms with Crippen molar-refractivity contribution in [1.29, 1.82) is 0 Å². The lowest BCUT2D eigenvalue weighted by Gasteiger charge is -2.14. The van der Waals surface area contributed by atoms with E-state index in [0.717, 1.165) is 0 Å². The van der Waals surface area contributed by atoms with Gasteiger partial charge in [-0.1, -0.05) is 6.92 Å². The predicted octanol–water partition coefficient (Wildman–Crippen LogP) is -0.539. The van der Waals surface area contributed by atoms with Gasteiger partial charge in [-0.25, -0.2) is 9.59 Å². The van der Waals surface area contributed by atoms with E-state index < -0.39 is 34.8 Å². The fraction of sp³-hybridized carbons (Fsp3) is 0.727. The van der Waals surface area contributed by atoms with Crippen LogP contribution in [0.1, 0.15) is 19.8 Å². The van der Waals surface area contributed by atoms with Crippen molar-refractivity contribution < 1.29 is 28.4 Å². The summed E-state index contributed by atoms with van der Waals surface area (Å²) in [5, 5.41) is 13.6. The minimum absolute atomic E-state index is 0.0592. The fourth-order valence-corrected chi connectivity index (χ4v) is 1.87. The van der Waals surface area contributed by atoms with Gasteiger partial charge < -0.3 is 20.5 Å². The number of amides is 2. The molecule has 0 heterocycles. The zero-order valence-corrected chi connectivity index (χ0v) is 12.3. The number of carbonyl (C=O) groups excluding carboxylic acids is 2. The van der Waals surface area contributed by atoms with Gasteiger partial charge >= 0.3 is 18.0 Å². The summed E-state index contributed by atoms with van der Waals surface area (Å²) in [5.41, 5.74) is 0. The lowest BCUT2D eigenvalue weighted by atomic mass is 10.1. The van der Waals surface area contributed by atoms with Crippen molar-refractivity contribution in [1.82, 2.24) is 10.6 Å². The zero-order chi connectivity index (χ0) is 15.5. The number of hydrogen-bond acceptors (Lipinski definition) is 5. The number of carboxylic acids is 1. The first-order valence-corrected chi connectivity index (χ1v) is 7.58. The summed E-state index contributed by atoms with van der Waals surface area (Å²) in [4.78, 5) is 33.3. The van der Waals surface area contributed by atoms with Crippen LogP contribution >= 0.6 is 0 Å². The molecule has 1 unspecified atom stereocenters. The fourth-order valence-electron chi connectivity index (χ4n) is 1.25. The maximum atomic E-state index is 11.4. The van der Waals surface area contributed by atoms with E-state index in [1.165, 1.54) is 7.11 Å². The van der Waals surface area contributed by atoms with E-state index in [1.807, 2.05) is 0 Å². The van der Waals surface area contributed by atoms with Crippen LogP contribution in [-0.4, -0.2) is 58.5 Å². The summed E-state index contributed by atoms with van der Waals surface area (Å²) >= 11 is 0. The van der Waals surface area contributed by atoms with Gasteiger partial charge in [0, 0.05) is 35.3 Å². The lowest BCUT2D eigenvalue weighted by molar-refractivity contribution is -0.142. The highest BCUT2D eigenvalue weighted by molar-refractivity contribution is 7.84. The van der Waals surface area contributed by atoms with Gasteiger partial charge in [0.15, 0.2) is 0 Å². The molecule has 0 bridgehead atoms. The van der Waals surface area contributed by atoms with Crippen LogP contribution in [0.5, 0.6) is 0 Å². The van der Waals surface area contributed by atoms with Crippen LogP contribution in [-0.2, 0) is 25.1 Å². The molecule has 0 rings (SSSR count). The standard InChI is InChI=1S/C11H20N2O6S/c1-3-20(18)7-6-12-11(17)13-8(10(15)16)4-5-9(14)19-2/h8H,3-7H2,1-2H3,(H,15,16)(H2,12,13,17)/t8-,20?/m0/s1. The molecule has 0 fully saturated rings. The molecule has 3 N–H and O–H groups in total. The minimum Gasteiger partial charge on any atom is -0.480 e. The Morgan fingerprint density at radius 2 is 2.00 bits per heavy atom. The maximum Gasteiger partial charge on any atom is 0.326 e. The number of esters is 1. The quantitative estimate of drug-likeness (QED) is 0.492. The number of ether oxygens (including phenoxy) is 1. The average Bonchev–Trinajstić information content (AvgIpc) is 2.42. The number of methoxy groups -OCH3 is 1. The van der Waals surface area contributed by atoms with Crippen LogP contribution in [0, 0.1) is 0 Å². The molecule has 0 radical (unpaired) electrons. The molecule has 9 heteroatoms. The molecule has 0 aromatic carbocycles. The van der Waals surface area contributed by atoms with Crippen LogP contribution in [0.3, 0.4) is 0 Å². The van der Waals surface area contributed by atoms with E-state index in [2.05, 4.69) is 15.4 Å². The maximum absolute atomic E-state index is 11.4. The Kier molecular flexibility index (Phi) is 9.35. The molecule has 8 nitrogen and oxygen atoms in total. The van der Waals surface area contributed by atoms with Gasteiger partial charge in [0.05, 0.1) is 7.11 Å². The van der Waals surface area contributed by atoms with E-state index >= 15 is 0 Å². The molecule has 2 atom stereocenters. The van der Waals surface area contributed by atoms with Crippen LogP contribution in [0.2, 0.25) is 0 Å². The molecule has 20 heavy (non-hydrogen) atoms. The molecule has 116 valence electrons. The molecule has 0 aliphatic carbocycles. The number of carbonyl (C=O) groups is 3. The van der Waals surface area contributed by atoms with Crippen LogP contribution < -0.4 is 10.6 Å². The Hall–Kier alpha value is -1.64. The van der Waals surface area contributed by atoms with Crippen molar-refractivity contribution in [2.75, 3.05) is 25.2 Å². The Labute approximate surface area is 119 Å². The molecule has 0 aliphatic heterocycles. The van der Waals surface area contributed by atoms with Crippen LogP contribution in [0.15, 0.2) is 0 Å². The summed E-state index contributed by atoms with van der Waals surface area (Å²) in [6.07, 6.45) is -0.163. The Morgan fingerprint density at radius 3 is 2.50 bits per heavy atom. The number of hydrogen-bond donors (Lipinski definition) is 3. The van der Waals surface area contributed by atoms with Crippen molar-refractivity contribution >= 4 is 28.8 Å². The van der Waals surface area contributed by atoms with Gasteiger partial charge in [0.1, 0.15) is 6.04 Å². The Balaban J connectivity index is 4.11. The number of carboxylic acid groups (broad SMARTS) is 1. The third-order valence-corrected chi connectivity index (χ3v) is 3.71. The van der Waals surface area contributed by atoms with E-state index in [4.69, 9.17) is 5.11 Å². The Bertz CT molecular complexity index is 374. The topological polar surface area (TPSA) is 122 Å². The summed E-state index contributed by atoms with van der Waals surface area (Å²) in [6.45, 7) is 1.96. The van der Waals surface area contributed by atoms with Gasteiger partial charge in [0.2, 0.25) is 0 Å². The van der Waals surface area contributed by atoms with Gasteiger partial charge in [-0.05, 0) is 6.42 Å². The molecule has 0 aliphatic rings. The highest BCUT2D eigenvalue weighted by atomic mass is 32.2. The first-order valence-electron chi connectivity index (χ1n) is 6.09. The largest absolute Gasteiger partial charge is 0.480 e. The monoisotopic (exact) mass is 308 g/mol. The lowest BCUT2D eigenvalue weighted by Crippen LogP contribution is -2.47. The summed E-state index contributed by atoms with van der Waals surface area (Å²) in [7, 11) is 0.205. The number of rotatable bonds is 9. The number of aliphatic carboxylic acids is 1. The first kappa shape index (κ1) is 18.4. The van der Waals surface area contributed by atoms with Crippen molar-refractivity contribution in [3.8, 4) is 0 Å². The third kappa shape index (κ3) is 8.46. The van der Waals surface area contributed by atoms with Crippen LogP contribution in [0.25, 0.3) is 0 Å². The van der Waals surface area contributed by atoms with E-state index in [0.29, 0.717) is 11.5 Å². The van der Waals surface area contributed by atoms with Gasteiger partial charge in [-0.3, -0.25) is 9.00 Å². The second kappa shape index (κ2) is 10.2. The van der Waals surface area contributed by atoms with E-state index in [1.54, 1.807) is 6.92 Å². The van der Waals surface area contributed by atoms with Crippen molar-refractivity contribution in [2.45, 2.75) is 25.8 Å². The summed E-state index contributed by atoms with van der Waals surface area (Å²) in [5.74, 6) is -0.970. The van der Waals surface area contributed by atoms with Gasteiger partial charge in [-0.2, -0.15) is 0 Å². The summed E-state index contributed by atoms with van der Waals surface area (Å²) in [6, 6.07) is -1.85. The van der Waals surface area contributed by atoms with E-state index in [-0.39, 0.29) is 19.4 Å². The SMILES string of the molecule is CCS(=O)CCNC(=O)N[C@@H](CCC(=O)OC)C(=O)O. The van der Waals surface area contributed by atoms with E-state index in [9.17, 15) is 18.6 Å². The molecule has 0 spiro atoms. The third-order valence-electron chi connectivity index (χ3n) is 2.41. The molecule has 0 aromatic rings. The average molecular weight is 308 g/mol. The number of urea groups is 1. The van der Waals surface area contributed by atoms with Crippen molar-refractivity contribution in [2.24, 2.45) is 0 Å². The predicted molar refractivity (Wildman–Crippen MR) is 72.8 cm³/mol. The molecular formula is C11H20N2O6S. The Morgan fingerprint density at radius 1 is 1.35 bits per heavy atom. The normalized spacial score (nSPS) is 13.1. The highest BCUT2D eigenvalue weighted by Gasteiger charge is 2.21. The highest BCUT2D eigenvalue weighted by Crippen LogP contribution is 1.99. The molecule has 0 aromatic heterocycles. The van der Waals surface area contributed by atoms with Gasteiger partial charge in [-0.15, -0.1) is 0 Å². The minimum atomic E-state index is -1.24. The second-order valence-corrected chi connectivity index (χ2v) is 5.70. The van der Waals surface area contributed by atoms with Crippen molar-refractivity contribution in [3.63, 3.8) is 0 Å². The first-order chi connectivity index (χ1) is 9.40. The van der Waals surface area contributed by atoms with Crippen molar-refractivity contribution in [3.05, 3.63) is 0 Å². The summed E-state index contributed by atoms with van der Waals surface area (Å²) < 4.78 is 15.5. The van der Waals surface area contributed by atoms with Crippen LogP contribution in [0.4, 0.5) is 4.79 Å². The molecule has 0 saturated heterocycles. The molecule has 2 amide bonds. The zero-order valence-electron chi connectivity index (χ0n) is 11.5. The smallest absolute Gasteiger partial charge is 0.326 e. The second-order valence-electron chi connectivity index (χ2n) is 3.84. The van der Waals surface area contributed by atoms with Gasteiger partial charge in [0.25, 0.3) is 0 Å². The number of nitrogens with one attached hydrogen (secondary N) is 2. The molecule has 0 saturated carbocycles.